The Hall–Kier alpha value is -1.81. The molecule has 2 aromatic heterocycles. The van der Waals surface area contributed by atoms with Crippen LogP contribution in [-0.4, -0.2) is 59.8 Å². The molecule has 0 aromatic carbocycles. The maximum atomic E-state index is 10.1. The van der Waals surface area contributed by atoms with Crippen LogP contribution in [0.5, 0.6) is 0 Å². The van der Waals surface area contributed by atoms with Gasteiger partial charge in [0.1, 0.15) is 24.1 Å². The molecule has 1 fully saturated rings. The number of nitrogens with two attached hydrogens (primary N) is 1. The zero-order valence-electron chi connectivity index (χ0n) is 10.5. The molecule has 1 aliphatic heterocycles. The third kappa shape index (κ3) is 1.91. The molecule has 0 spiro atoms. The Labute approximate surface area is 113 Å². The molecule has 0 bridgehead atoms. The third-order valence-corrected chi connectivity index (χ3v) is 3.41. The Bertz CT molecular complexity index is 618. The van der Waals surface area contributed by atoms with Gasteiger partial charge in [0, 0.05) is 6.61 Å². The smallest absolute Gasteiger partial charge is 0.167 e. The van der Waals surface area contributed by atoms with Gasteiger partial charge in [0.2, 0.25) is 0 Å². The van der Waals surface area contributed by atoms with Gasteiger partial charge in [-0.05, 0) is 6.42 Å². The number of nitrogen functional groups attached to an aromatic ring is 1. The molecule has 9 heteroatoms. The highest BCUT2D eigenvalue weighted by atomic mass is 16.6. The van der Waals surface area contributed by atoms with Crippen molar-refractivity contribution in [3.63, 3.8) is 0 Å². The SMILES string of the molecule is Nc1ncnc2c1ncn2[C@@H]1O[C@H](CCO)[C@@H](O)[C@H]1O. The highest BCUT2D eigenvalue weighted by Crippen LogP contribution is 2.32. The first-order valence-corrected chi connectivity index (χ1v) is 6.19. The van der Waals surface area contributed by atoms with Crippen LogP contribution in [0.4, 0.5) is 5.82 Å². The molecule has 5 N–H and O–H groups in total. The minimum atomic E-state index is -1.14. The van der Waals surface area contributed by atoms with Crippen LogP contribution in [0.15, 0.2) is 12.7 Å². The van der Waals surface area contributed by atoms with Crippen LogP contribution >= 0.6 is 0 Å². The van der Waals surface area contributed by atoms with Gasteiger partial charge in [0.15, 0.2) is 17.7 Å². The Morgan fingerprint density at radius 2 is 2.05 bits per heavy atom. The van der Waals surface area contributed by atoms with Gasteiger partial charge in [0.25, 0.3) is 0 Å². The van der Waals surface area contributed by atoms with Crippen LogP contribution in [0, 0.1) is 0 Å². The monoisotopic (exact) mass is 281 g/mol. The van der Waals surface area contributed by atoms with E-state index in [-0.39, 0.29) is 18.8 Å². The summed E-state index contributed by atoms with van der Waals surface area (Å²) < 4.78 is 7.08. The van der Waals surface area contributed by atoms with Gasteiger partial charge in [-0.3, -0.25) is 4.57 Å². The van der Waals surface area contributed by atoms with Crippen molar-refractivity contribution in [3.8, 4) is 0 Å². The Kier molecular flexibility index (Phi) is 3.26. The van der Waals surface area contributed by atoms with Crippen LogP contribution in [-0.2, 0) is 4.74 Å². The van der Waals surface area contributed by atoms with Crippen molar-refractivity contribution in [2.24, 2.45) is 0 Å². The lowest BCUT2D eigenvalue weighted by Crippen LogP contribution is -2.31. The highest BCUT2D eigenvalue weighted by Gasteiger charge is 2.43. The number of nitrogens with zero attached hydrogens (tertiary/aromatic N) is 4. The molecule has 1 aliphatic rings. The number of aromatic nitrogens is 4. The van der Waals surface area contributed by atoms with Crippen molar-refractivity contribution < 1.29 is 20.1 Å². The van der Waals surface area contributed by atoms with Crippen LogP contribution in [0.1, 0.15) is 12.6 Å². The largest absolute Gasteiger partial charge is 0.396 e. The third-order valence-electron chi connectivity index (χ3n) is 3.41. The maximum Gasteiger partial charge on any atom is 0.167 e. The molecular weight excluding hydrogens is 266 g/mol. The first-order chi connectivity index (χ1) is 9.63. The van der Waals surface area contributed by atoms with Gasteiger partial charge in [-0.2, -0.15) is 0 Å². The van der Waals surface area contributed by atoms with Crippen LogP contribution in [0.25, 0.3) is 11.2 Å². The lowest BCUT2D eigenvalue weighted by molar-refractivity contribution is -0.0405. The molecule has 0 amide bonds. The van der Waals surface area contributed by atoms with Gasteiger partial charge >= 0.3 is 0 Å². The van der Waals surface area contributed by atoms with E-state index < -0.39 is 24.5 Å². The Morgan fingerprint density at radius 1 is 1.25 bits per heavy atom. The second kappa shape index (κ2) is 4.94. The fourth-order valence-corrected chi connectivity index (χ4v) is 2.38. The minimum Gasteiger partial charge on any atom is -0.396 e. The highest BCUT2D eigenvalue weighted by molar-refractivity contribution is 5.81. The summed E-state index contributed by atoms with van der Waals surface area (Å²) >= 11 is 0. The fourth-order valence-electron chi connectivity index (χ4n) is 2.38. The van der Waals surface area contributed by atoms with Crippen molar-refractivity contribution >= 4 is 17.0 Å². The summed E-state index contributed by atoms with van der Waals surface area (Å²) in [5, 5.41) is 28.9. The number of anilines is 1. The number of fused-ring (bicyclic) bond motifs is 1. The van der Waals surface area contributed by atoms with Crippen molar-refractivity contribution in [1.29, 1.82) is 0 Å². The Balaban J connectivity index is 1.97. The zero-order chi connectivity index (χ0) is 14.3. The number of rotatable bonds is 3. The standard InChI is InChI=1S/C11H15N5O4/c12-9-6-10(14-3-13-9)16(4-15-6)11-8(19)7(18)5(20-11)1-2-17/h3-5,7-8,11,17-19H,1-2H2,(H2,12,13,14)/t5-,7-,8-,11-/m1/s1. The number of imidazole rings is 1. The molecule has 3 rings (SSSR count). The van der Waals surface area contributed by atoms with E-state index in [2.05, 4.69) is 15.0 Å². The molecule has 20 heavy (non-hydrogen) atoms. The van der Waals surface area contributed by atoms with E-state index in [9.17, 15) is 10.2 Å². The predicted molar refractivity (Wildman–Crippen MR) is 67.4 cm³/mol. The number of ether oxygens (including phenoxy) is 1. The summed E-state index contributed by atoms with van der Waals surface area (Å²) in [6, 6.07) is 0. The second-order valence-electron chi connectivity index (χ2n) is 4.64. The molecule has 1 saturated heterocycles. The van der Waals surface area contributed by atoms with Crippen molar-refractivity contribution in [2.45, 2.75) is 31.0 Å². The summed E-state index contributed by atoms with van der Waals surface area (Å²) in [5.74, 6) is 0.230. The first-order valence-electron chi connectivity index (χ1n) is 6.19. The van der Waals surface area contributed by atoms with E-state index >= 15 is 0 Å². The predicted octanol–water partition coefficient (Wildman–Crippen LogP) is -1.59. The molecule has 0 unspecified atom stereocenters. The Morgan fingerprint density at radius 3 is 2.80 bits per heavy atom. The fraction of sp³-hybridized carbons (Fsp3) is 0.545. The van der Waals surface area contributed by atoms with Crippen LogP contribution < -0.4 is 5.73 Å². The summed E-state index contributed by atoms with van der Waals surface area (Å²) in [6.45, 7) is -0.138. The van der Waals surface area contributed by atoms with Crippen LogP contribution in [0.3, 0.4) is 0 Å². The average Bonchev–Trinajstić information content (AvgIpc) is 2.97. The second-order valence-corrected chi connectivity index (χ2v) is 4.64. The quantitative estimate of drug-likeness (QED) is 0.528. The number of hydrogen-bond donors (Lipinski definition) is 4. The summed E-state index contributed by atoms with van der Waals surface area (Å²) in [5.41, 5.74) is 6.51. The van der Waals surface area contributed by atoms with E-state index in [4.69, 9.17) is 15.6 Å². The van der Waals surface area contributed by atoms with Gasteiger partial charge in [0.05, 0.1) is 12.4 Å². The van der Waals surface area contributed by atoms with E-state index in [0.29, 0.717) is 11.2 Å². The molecule has 0 radical (unpaired) electrons. The summed E-state index contributed by atoms with van der Waals surface area (Å²) in [7, 11) is 0. The molecule has 2 aromatic rings. The van der Waals surface area contributed by atoms with Crippen molar-refractivity contribution in [1.82, 2.24) is 19.5 Å². The lowest BCUT2D eigenvalue weighted by atomic mass is 10.1. The molecule has 3 heterocycles. The molecule has 108 valence electrons. The van der Waals surface area contributed by atoms with Gasteiger partial charge in [-0.1, -0.05) is 0 Å². The van der Waals surface area contributed by atoms with E-state index in [1.807, 2.05) is 0 Å². The normalized spacial score (nSPS) is 30.1. The number of aliphatic hydroxyl groups is 3. The molecule has 0 saturated carbocycles. The first kappa shape index (κ1) is 13.2. The summed E-state index contributed by atoms with van der Waals surface area (Å²) in [4.78, 5) is 12.0. The number of hydrogen-bond acceptors (Lipinski definition) is 8. The van der Waals surface area contributed by atoms with E-state index in [1.54, 1.807) is 0 Å². The topological polar surface area (TPSA) is 140 Å². The van der Waals surface area contributed by atoms with Crippen molar-refractivity contribution in [3.05, 3.63) is 12.7 Å². The van der Waals surface area contributed by atoms with E-state index in [1.165, 1.54) is 17.2 Å². The lowest BCUT2D eigenvalue weighted by Gasteiger charge is -2.16. The summed E-state index contributed by atoms with van der Waals surface area (Å²) in [6.07, 6.45) is -0.740. The zero-order valence-corrected chi connectivity index (χ0v) is 10.5. The maximum absolute atomic E-state index is 10.1. The molecule has 9 nitrogen and oxygen atoms in total. The van der Waals surface area contributed by atoms with E-state index in [0.717, 1.165) is 0 Å². The minimum absolute atomic E-state index is 0.138. The average molecular weight is 281 g/mol. The molecular formula is C11H15N5O4. The van der Waals surface area contributed by atoms with Crippen molar-refractivity contribution in [2.75, 3.05) is 12.3 Å². The molecule has 0 aliphatic carbocycles. The van der Waals surface area contributed by atoms with Gasteiger partial charge in [-0.25, -0.2) is 15.0 Å². The van der Waals surface area contributed by atoms with Gasteiger partial charge < -0.3 is 25.8 Å². The molecule has 4 atom stereocenters. The number of aliphatic hydroxyl groups excluding tert-OH is 3. The van der Waals surface area contributed by atoms with Gasteiger partial charge in [-0.15, -0.1) is 0 Å². The van der Waals surface area contributed by atoms with Crippen LogP contribution in [0.2, 0.25) is 0 Å².